The highest BCUT2D eigenvalue weighted by Gasteiger charge is 2.20. The van der Waals surface area contributed by atoms with Gasteiger partial charge in [-0.2, -0.15) is 0 Å². The molecule has 4 atom stereocenters. The van der Waals surface area contributed by atoms with E-state index in [1.165, 1.54) is 0 Å². The molecule has 0 fully saturated rings. The molecule has 0 aliphatic heterocycles. The van der Waals surface area contributed by atoms with Crippen molar-refractivity contribution in [3.63, 3.8) is 0 Å². The Morgan fingerprint density at radius 1 is 0.929 bits per heavy atom. The fourth-order valence-electron chi connectivity index (χ4n) is 1.82. The van der Waals surface area contributed by atoms with Gasteiger partial charge in [0.15, 0.2) is 0 Å². The molecule has 0 aromatic carbocycles. The standard InChI is InChI=1S/C12H26O2/c1-5-9(3)7-11(6-2)12(14)8-10(4)13/h9-14H,5-8H2,1-4H3. The first-order chi connectivity index (χ1) is 6.51. The van der Waals surface area contributed by atoms with Gasteiger partial charge < -0.3 is 10.2 Å². The molecule has 14 heavy (non-hydrogen) atoms. The summed E-state index contributed by atoms with van der Waals surface area (Å²) >= 11 is 0. The highest BCUT2D eigenvalue weighted by Crippen LogP contribution is 2.23. The van der Waals surface area contributed by atoms with E-state index in [4.69, 9.17) is 0 Å². The molecule has 0 saturated carbocycles. The van der Waals surface area contributed by atoms with Crippen molar-refractivity contribution in [1.82, 2.24) is 0 Å². The molecule has 0 saturated heterocycles. The van der Waals surface area contributed by atoms with Gasteiger partial charge in [0.25, 0.3) is 0 Å². The van der Waals surface area contributed by atoms with Gasteiger partial charge >= 0.3 is 0 Å². The number of rotatable bonds is 7. The van der Waals surface area contributed by atoms with E-state index in [1.807, 2.05) is 0 Å². The van der Waals surface area contributed by atoms with Gasteiger partial charge in [-0.25, -0.2) is 0 Å². The number of hydrogen-bond acceptors (Lipinski definition) is 2. The molecular weight excluding hydrogens is 176 g/mol. The summed E-state index contributed by atoms with van der Waals surface area (Å²) in [6.07, 6.45) is 3.01. The van der Waals surface area contributed by atoms with Gasteiger partial charge in [0.2, 0.25) is 0 Å². The first-order valence-electron chi connectivity index (χ1n) is 5.87. The lowest BCUT2D eigenvalue weighted by Crippen LogP contribution is -2.25. The molecular formula is C12H26O2. The second-order valence-corrected chi connectivity index (χ2v) is 4.57. The molecule has 2 N–H and O–H groups in total. The molecule has 0 bridgehead atoms. The van der Waals surface area contributed by atoms with E-state index >= 15 is 0 Å². The topological polar surface area (TPSA) is 40.5 Å². The van der Waals surface area contributed by atoms with E-state index in [0.717, 1.165) is 19.3 Å². The molecule has 0 aromatic rings. The third kappa shape index (κ3) is 5.61. The average molecular weight is 202 g/mol. The maximum atomic E-state index is 9.86. The SMILES string of the molecule is CCC(C)CC(CC)C(O)CC(C)O. The minimum absolute atomic E-state index is 0.339. The number of aliphatic hydroxyl groups excluding tert-OH is 2. The molecule has 0 radical (unpaired) electrons. The van der Waals surface area contributed by atoms with E-state index in [0.29, 0.717) is 18.3 Å². The lowest BCUT2D eigenvalue weighted by Gasteiger charge is -2.25. The summed E-state index contributed by atoms with van der Waals surface area (Å²) in [6.45, 7) is 8.24. The Balaban J connectivity index is 3.98. The van der Waals surface area contributed by atoms with Gasteiger partial charge in [-0.1, -0.05) is 33.6 Å². The summed E-state index contributed by atoms with van der Waals surface area (Å²) in [7, 11) is 0. The predicted octanol–water partition coefficient (Wildman–Crippen LogP) is 2.58. The van der Waals surface area contributed by atoms with Crippen LogP contribution < -0.4 is 0 Å². The molecule has 0 spiro atoms. The van der Waals surface area contributed by atoms with Gasteiger partial charge in [-0.05, 0) is 31.6 Å². The zero-order valence-electron chi connectivity index (χ0n) is 10.0. The van der Waals surface area contributed by atoms with Crippen LogP contribution in [0.3, 0.4) is 0 Å². The first-order valence-corrected chi connectivity index (χ1v) is 5.87. The first kappa shape index (κ1) is 13.9. The van der Waals surface area contributed by atoms with E-state index in [2.05, 4.69) is 20.8 Å². The van der Waals surface area contributed by atoms with Crippen LogP contribution in [0.4, 0.5) is 0 Å². The molecule has 4 unspecified atom stereocenters. The Bertz CT molecular complexity index is 134. The number of aliphatic hydroxyl groups is 2. The van der Waals surface area contributed by atoms with Crippen molar-refractivity contribution in [1.29, 1.82) is 0 Å². The molecule has 2 heteroatoms. The highest BCUT2D eigenvalue weighted by molar-refractivity contribution is 4.71. The van der Waals surface area contributed by atoms with Gasteiger partial charge in [-0.3, -0.25) is 0 Å². The molecule has 0 aromatic heterocycles. The normalized spacial score (nSPS) is 20.1. The molecule has 0 rings (SSSR count). The smallest absolute Gasteiger partial charge is 0.0592 e. The lowest BCUT2D eigenvalue weighted by atomic mass is 9.86. The van der Waals surface area contributed by atoms with Crippen molar-refractivity contribution in [2.45, 2.75) is 65.6 Å². The van der Waals surface area contributed by atoms with Crippen LogP contribution in [0.1, 0.15) is 53.4 Å². The molecule has 0 aliphatic rings. The van der Waals surface area contributed by atoms with E-state index in [1.54, 1.807) is 6.92 Å². The Morgan fingerprint density at radius 2 is 1.50 bits per heavy atom. The Morgan fingerprint density at radius 3 is 1.86 bits per heavy atom. The maximum Gasteiger partial charge on any atom is 0.0592 e. The predicted molar refractivity (Wildman–Crippen MR) is 60.2 cm³/mol. The van der Waals surface area contributed by atoms with E-state index in [9.17, 15) is 10.2 Å². The second-order valence-electron chi connectivity index (χ2n) is 4.57. The summed E-state index contributed by atoms with van der Waals surface area (Å²) < 4.78 is 0. The largest absolute Gasteiger partial charge is 0.393 e. The van der Waals surface area contributed by atoms with Crippen molar-refractivity contribution >= 4 is 0 Å². The van der Waals surface area contributed by atoms with Crippen molar-refractivity contribution in [3.05, 3.63) is 0 Å². The fourth-order valence-corrected chi connectivity index (χ4v) is 1.82. The van der Waals surface area contributed by atoms with Crippen molar-refractivity contribution < 1.29 is 10.2 Å². The minimum atomic E-state index is -0.393. The number of hydrogen-bond donors (Lipinski definition) is 2. The summed E-state index contributed by atoms with van der Waals surface area (Å²) in [6, 6.07) is 0. The Labute approximate surface area is 88.3 Å². The Hall–Kier alpha value is -0.0800. The molecule has 86 valence electrons. The third-order valence-corrected chi connectivity index (χ3v) is 3.05. The zero-order valence-corrected chi connectivity index (χ0v) is 10.0. The van der Waals surface area contributed by atoms with Crippen LogP contribution in [-0.4, -0.2) is 22.4 Å². The lowest BCUT2D eigenvalue weighted by molar-refractivity contribution is 0.0404. The van der Waals surface area contributed by atoms with Crippen LogP contribution in [0.2, 0.25) is 0 Å². The minimum Gasteiger partial charge on any atom is -0.393 e. The summed E-state index contributed by atoms with van der Waals surface area (Å²) in [5, 5.41) is 19.1. The van der Waals surface area contributed by atoms with Crippen LogP contribution in [0.25, 0.3) is 0 Å². The maximum absolute atomic E-state index is 9.86. The van der Waals surface area contributed by atoms with Crippen LogP contribution >= 0.6 is 0 Å². The second kappa shape index (κ2) is 7.24. The van der Waals surface area contributed by atoms with Gasteiger partial charge in [0, 0.05) is 0 Å². The highest BCUT2D eigenvalue weighted by atomic mass is 16.3. The van der Waals surface area contributed by atoms with Crippen molar-refractivity contribution in [3.8, 4) is 0 Å². The average Bonchev–Trinajstić information content (AvgIpc) is 2.12. The van der Waals surface area contributed by atoms with Crippen LogP contribution in [0.15, 0.2) is 0 Å². The molecule has 0 amide bonds. The summed E-state index contributed by atoms with van der Waals surface area (Å²) in [5.41, 5.74) is 0. The molecule has 0 heterocycles. The zero-order chi connectivity index (χ0) is 11.1. The van der Waals surface area contributed by atoms with Crippen molar-refractivity contribution in [2.24, 2.45) is 11.8 Å². The monoisotopic (exact) mass is 202 g/mol. The van der Waals surface area contributed by atoms with Gasteiger partial charge in [0.05, 0.1) is 12.2 Å². The fraction of sp³-hybridized carbons (Fsp3) is 1.00. The van der Waals surface area contributed by atoms with Crippen molar-refractivity contribution in [2.75, 3.05) is 0 Å². The van der Waals surface area contributed by atoms with E-state index < -0.39 is 6.10 Å². The Kier molecular flexibility index (Phi) is 7.20. The van der Waals surface area contributed by atoms with Gasteiger partial charge in [-0.15, -0.1) is 0 Å². The van der Waals surface area contributed by atoms with Crippen LogP contribution in [0.5, 0.6) is 0 Å². The van der Waals surface area contributed by atoms with E-state index in [-0.39, 0.29) is 6.10 Å². The van der Waals surface area contributed by atoms with Gasteiger partial charge in [0.1, 0.15) is 0 Å². The van der Waals surface area contributed by atoms with Crippen LogP contribution in [0, 0.1) is 11.8 Å². The van der Waals surface area contributed by atoms with Crippen LogP contribution in [-0.2, 0) is 0 Å². The quantitative estimate of drug-likeness (QED) is 0.666. The summed E-state index contributed by atoms with van der Waals surface area (Å²) in [4.78, 5) is 0. The third-order valence-electron chi connectivity index (χ3n) is 3.05. The summed E-state index contributed by atoms with van der Waals surface area (Å²) in [5.74, 6) is 1.02. The molecule has 0 aliphatic carbocycles. The molecule has 2 nitrogen and oxygen atoms in total.